The summed E-state index contributed by atoms with van der Waals surface area (Å²) in [6.45, 7) is 3.17. The molecule has 1 amide bonds. The summed E-state index contributed by atoms with van der Waals surface area (Å²) < 4.78 is 52.8. The second-order valence-corrected chi connectivity index (χ2v) is 6.97. The summed E-state index contributed by atoms with van der Waals surface area (Å²) in [5.74, 6) is -0.949. The van der Waals surface area contributed by atoms with Crippen LogP contribution in [0.3, 0.4) is 0 Å². The molecule has 0 aromatic heterocycles. The molecule has 0 radical (unpaired) electrons. The molecule has 0 saturated heterocycles. The van der Waals surface area contributed by atoms with Crippen LogP contribution in [0, 0.1) is 24.1 Å². The van der Waals surface area contributed by atoms with Crippen LogP contribution in [-0.2, 0) is 11.0 Å². The molecule has 1 unspecified atom stereocenters. The van der Waals surface area contributed by atoms with E-state index in [1.54, 1.807) is 26.0 Å². The zero-order valence-corrected chi connectivity index (χ0v) is 15.5. The van der Waals surface area contributed by atoms with E-state index in [9.17, 15) is 22.4 Å². The molecule has 29 heavy (non-hydrogen) atoms. The van der Waals surface area contributed by atoms with Crippen LogP contribution < -0.4 is 10.7 Å². The number of halogens is 4. The molecule has 0 saturated carbocycles. The third kappa shape index (κ3) is 4.06. The van der Waals surface area contributed by atoms with E-state index in [2.05, 4.69) is 15.8 Å². The van der Waals surface area contributed by atoms with E-state index in [1.807, 2.05) is 0 Å². The molecule has 0 aliphatic carbocycles. The number of hydrazone groups is 1. The number of hydrogen-bond acceptors (Lipinski definition) is 4. The Hall–Kier alpha value is -3.41. The number of nitrogens with zero attached hydrogens (tertiary/aromatic N) is 2. The van der Waals surface area contributed by atoms with Gasteiger partial charge in [-0.05, 0) is 55.3 Å². The number of carbonyl (C=O) groups is 1. The van der Waals surface area contributed by atoms with Gasteiger partial charge in [-0.1, -0.05) is 6.07 Å². The first-order valence-corrected chi connectivity index (χ1v) is 8.56. The van der Waals surface area contributed by atoms with Gasteiger partial charge >= 0.3 is 6.18 Å². The van der Waals surface area contributed by atoms with Gasteiger partial charge in [0.2, 0.25) is 0 Å². The predicted octanol–water partition coefficient (Wildman–Crippen LogP) is 4.12. The SMILES string of the molecule is Cc1cc(C2=NNC(C)(C(=O)Nc3ccc(C#N)c(C(F)(F)F)c3)C2)ccc1F. The van der Waals surface area contributed by atoms with Gasteiger partial charge in [0, 0.05) is 12.1 Å². The molecule has 2 aromatic rings. The van der Waals surface area contributed by atoms with E-state index in [1.165, 1.54) is 18.2 Å². The lowest BCUT2D eigenvalue weighted by Crippen LogP contribution is -2.47. The molecule has 2 aromatic carbocycles. The molecular weight excluding hydrogens is 388 g/mol. The number of carbonyl (C=O) groups excluding carboxylic acids is 1. The fourth-order valence-electron chi connectivity index (χ4n) is 2.95. The maximum atomic E-state index is 13.5. The lowest BCUT2D eigenvalue weighted by Gasteiger charge is -2.23. The minimum absolute atomic E-state index is 0.0876. The van der Waals surface area contributed by atoms with Gasteiger partial charge in [-0.25, -0.2) is 4.39 Å². The van der Waals surface area contributed by atoms with Crippen LogP contribution in [0.4, 0.5) is 23.2 Å². The normalized spacial score (nSPS) is 18.6. The Kier molecular flexibility index (Phi) is 5.05. The molecule has 5 nitrogen and oxygen atoms in total. The van der Waals surface area contributed by atoms with Crippen molar-refractivity contribution < 1.29 is 22.4 Å². The highest BCUT2D eigenvalue weighted by molar-refractivity contribution is 6.09. The summed E-state index contributed by atoms with van der Waals surface area (Å²) in [6.07, 6.45) is -4.57. The predicted molar refractivity (Wildman–Crippen MR) is 98.6 cm³/mol. The van der Waals surface area contributed by atoms with Crippen LogP contribution in [0.5, 0.6) is 0 Å². The zero-order chi connectivity index (χ0) is 21.4. The molecule has 3 rings (SSSR count). The molecule has 1 heterocycles. The number of amides is 1. The highest BCUT2D eigenvalue weighted by atomic mass is 19.4. The standard InChI is InChI=1S/C20H16F4N4O/c1-11-7-12(4-6-16(11)21)17-9-19(2,28-27-17)18(29)26-14-5-3-13(10-25)15(8-14)20(22,23)24/h3-8,28H,9H2,1-2H3,(H,26,29). The first kappa shape index (κ1) is 20.3. The van der Waals surface area contributed by atoms with Gasteiger partial charge in [0.05, 0.1) is 22.9 Å². The minimum Gasteiger partial charge on any atom is -0.324 e. The largest absolute Gasteiger partial charge is 0.417 e. The molecule has 1 atom stereocenters. The summed E-state index contributed by atoms with van der Waals surface area (Å²) in [4.78, 5) is 12.7. The Morgan fingerprint density at radius 1 is 1.28 bits per heavy atom. The van der Waals surface area contributed by atoms with E-state index in [4.69, 9.17) is 5.26 Å². The second kappa shape index (κ2) is 7.20. The summed E-state index contributed by atoms with van der Waals surface area (Å²) in [7, 11) is 0. The molecule has 0 fully saturated rings. The van der Waals surface area contributed by atoms with Crippen LogP contribution in [0.25, 0.3) is 0 Å². The van der Waals surface area contributed by atoms with Crippen molar-refractivity contribution in [1.82, 2.24) is 5.43 Å². The number of hydrogen-bond donors (Lipinski definition) is 2. The van der Waals surface area contributed by atoms with Crippen molar-refractivity contribution in [2.45, 2.75) is 32.0 Å². The highest BCUT2D eigenvalue weighted by Crippen LogP contribution is 2.34. The van der Waals surface area contributed by atoms with Gasteiger partial charge in [0.15, 0.2) is 0 Å². The molecular formula is C20H16F4N4O. The Bertz CT molecular complexity index is 1060. The van der Waals surface area contributed by atoms with Gasteiger partial charge in [-0.3, -0.25) is 10.2 Å². The van der Waals surface area contributed by atoms with Gasteiger partial charge in [0.25, 0.3) is 5.91 Å². The van der Waals surface area contributed by atoms with E-state index >= 15 is 0 Å². The van der Waals surface area contributed by atoms with Crippen molar-refractivity contribution in [2.75, 3.05) is 5.32 Å². The van der Waals surface area contributed by atoms with E-state index in [0.29, 0.717) is 16.8 Å². The van der Waals surface area contributed by atoms with Gasteiger partial charge in [-0.2, -0.15) is 23.5 Å². The molecule has 0 spiro atoms. The minimum atomic E-state index is -4.72. The zero-order valence-electron chi connectivity index (χ0n) is 15.5. The van der Waals surface area contributed by atoms with E-state index in [-0.39, 0.29) is 17.9 Å². The van der Waals surface area contributed by atoms with E-state index in [0.717, 1.165) is 12.1 Å². The number of benzene rings is 2. The lowest BCUT2D eigenvalue weighted by molar-refractivity contribution is -0.137. The van der Waals surface area contributed by atoms with Crippen LogP contribution >= 0.6 is 0 Å². The van der Waals surface area contributed by atoms with Crippen molar-refractivity contribution in [1.29, 1.82) is 5.26 Å². The van der Waals surface area contributed by atoms with Crippen molar-refractivity contribution >= 4 is 17.3 Å². The first-order chi connectivity index (χ1) is 13.5. The molecule has 2 N–H and O–H groups in total. The Morgan fingerprint density at radius 2 is 2.00 bits per heavy atom. The van der Waals surface area contributed by atoms with Gasteiger partial charge in [-0.15, -0.1) is 0 Å². The maximum absolute atomic E-state index is 13.5. The average molecular weight is 404 g/mol. The Balaban J connectivity index is 1.78. The monoisotopic (exact) mass is 404 g/mol. The van der Waals surface area contributed by atoms with Crippen LogP contribution in [-0.4, -0.2) is 17.2 Å². The van der Waals surface area contributed by atoms with Crippen LogP contribution in [0.1, 0.15) is 35.6 Å². The summed E-state index contributed by atoms with van der Waals surface area (Å²) in [5, 5.41) is 15.4. The van der Waals surface area contributed by atoms with Crippen LogP contribution in [0.2, 0.25) is 0 Å². The number of aryl methyl sites for hydroxylation is 1. The number of rotatable bonds is 3. The summed E-state index contributed by atoms with van der Waals surface area (Å²) in [5.41, 5.74) is 1.37. The molecule has 0 bridgehead atoms. The fraction of sp³-hybridized carbons (Fsp3) is 0.250. The number of alkyl halides is 3. The van der Waals surface area contributed by atoms with Crippen molar-refractivity contribution in [3.63, 3.8) is 0 Å². The van der Waals surface area contributed by atoms with Crippen molar-refractivity contribution in [2.24, 2.45) is 5.10 Å². The van der Waals surface area contributed by atoms with Gasteiger partial charge in [0.1, 0.15) is 11.4 Å². The first-order valence-electron chi connectivity index (χ1n) is 8.56. The molecule has 150 valence electrons. The fourth-order valence-corrected chi connectivity index (χ4v) is 2.95. The number of nitrogens with one attached hydrogen (secondary N) is 2. The molecule has 9 heteroatoms. The van der Waals surface area contributed by atoms with Crippen LogP contribution in [0.15, 0.2) is 41.5 Å². The van der Waals surface area contributed by atoms with Crippen molar-refractivity contribution in [3.8, 4) is 6.07 Å². The third-order valence-electron chi connectivity index (χ3n) is 4.65. The maximum Gasteiger partial charge on any atom is 0.417 e. The molecule has 1 aliphatic heterocycles. The molecule has 1 aliphatic rings. The lowest BCUT2D eigenvalue weighted by atomic mass is 9.92. The van der Waals surface area contributed by atoms with Gasteiger partial charge < -0.3 is 5.32 Å². The number of nitriles is 1. The topological polar surface area (TPSA) is 77.3 Å². The quantitative estimate of drug-likeness (QED) is 0.756. The number of anilines is 1. The smallest absolute Gasteiger partial charge is 0.324 e. The average Bonchev–Trinajstić information content (AvgIpc) is 3.07. The summed E-state index contributed by atoms with van der Waals surface area (Å²) in [6, 6.07) is 8.90. The van der Waals surface area contributed by atoms with E-state index < -0.39 is 28.7 Å². The second-order valence-electron chi connectivity index (χ2n) is 6.97. The summed E-state index contributed by atoms with van der Waals surface area (Å²) >= 11 is 0. The Morgan fingerprint density at radius 3 is 2.62 bits per heavy atom. The highest BCUT2D eigenvalue weighted by Gasteiger charge is 2.40. The third-order valence-corrected chi connectivity index (χ3v) is 4.65. The van der Waals surface area contributed by atoms with Crippen molar-refractivity contribution in [3.05, 3.63) is 64.5 Å². The Labute approximate surface area is 164 Å².